The molecule has 6 heteroatoms. The van der Waals surface area contributed by atoms with Crippen molar-refractivity contribution < 1.29 is 28.6 Å². The topological polar surface area (TPSA) is 78.9 Å². The molecule has 0 N–H and O–H groups in total. The summed E-state index contributed by atoms with van der Waals surface area (Å²) in [6, 6.07) is 0. The van der Waals surface area contributed by atoms with E-state index in [1.807, 2.05) is 0 Å². The minimum Gasteiger partial charge on any atom is -0.462 e. The third-order valence-corrected chi connectivity index (χ3v) is 12.0. The molecule has 0 bridgehead atoms. The zero-order chi connectivity index (χ0) is 47.2. The SMILES string of the molecule is CCCCC/C=C\C/C=C\CCCCCCCCCC(=O)OCC(COC(=O)CCCCC/C=C\CCCCCCCCC)OC(=O)CCCCC/C=C\C=C/CCCCCCCCC. The van der Waals surface area contributed by atoms with Crippen molar-refractivity contribution in [2.24, 2.45) is 0 Å². The predicted molar refractivity (Wildman–Crippen MR) is 279 cm³/mol. The maximum absolute atomic E-state index is 12.8. The van der Waals surface area contributed by atoms with E-state index in [-0.39, 0.29) is 31.1 Å². The summed E-state index contributed by atoms with van der Waals surface area (Å²) >= 11 is 0. The average Bonchev–Trinajstić information content (AvgIpc) is 3.30. The zero-order valence-corrected chi connectivity index (χ0v) is 43.0. The summed E-state index contributed by atoms with van der Waals surface area (Å²) in [5.41, 5.74) is 0. The van der Waals surface area contributed by atoms with Gasteiger partial charge in [-0.2, -0.15) is 0 Å². The van der Waals surface area contributed by atoms with Crippen molar-refractivity contribution in [3.8, 4) is 0 Å². The number of carbonyl (C=O) groups excluding carboxylic acids is 3. The summed E-state index contributed by atoms with van der Waals surface area (Å²) in [6.07, 6.45) is 66.3. The predicted octanol–water partition coefficient (Wildman–Crippen LogP) is 18.4. The molecule has 0 saturated heterocycles. The number of rotatable bonds is 50. The molecule has 1 unspecified atom stereocenters. The van der Waals surface area contributed by atoms with Gasteiger partial charge in [-0.05, 0) is 103 Å². The van der Waals surface area contributed by atoms with Crippen LogP contribution in [0, 0.1) is 0 Å². The van der Waals surface area contributed by atoms with Crippen molar-refractivity contribution in [1.29, 1.82) is 0 Å². The number of esters is 3. The van der Waals surface area contributed by atoms with Crippen LogP contribution < -0.4 is 0 Å². The second kappa shape index (κ2) is 53.7. The zero-order valence-electron chi connectivity index (χ0n) is 43.0. The standard InChI is InChI=1S/C59H104O6/c1-4-7-10-13-16-19-22-25-28-30-32-34-37-40-43-46-49-52-58(61)64-55-56(54-63-57(60)51-48-45-42-39-36-33-27-24-21-18-15-12-9-6-3)65-59(62)53-50-47-44-41-38-35-31-29-26-23-20-17-14-11-8-5-2/h16,19,25,28-29,31,33,35-36,38,56H,4-15,17-18,20-24,26-27,30,32,34,37,39-55H2,1-3H3/b19-16-,28-25-,31-29-,36-33-,38-35-. The van der Waals surface area contributed by atoms with E-state index in [0.717, 1.165) is 96.3 Å². The van der Waals surface area contributed by atoms with Crippen LogP contribution in [0.5, 0.6) is 0 Å². The van der Waals surface area contributed by atoms with Gasteiger partial charge in [-0.3, -0.25) is 14.4 Å². The second-order valence-electron chi connectivity index (χ2n) is 18.5. The molecular weight excluding hydrogens is 805 g/mol. The van der Waals surface area contributed by atoms with E-state index in [1.165, 1.54) is 141 Å². The fourth-order valence-corrected chi connectivity index (χ4v) is 7.75. The fraction of sp³-hybridized carbons (Fsp3) is 0.780. The lowest BCUT2D eigenvalue weighted by Crippen LogP contribution is -2.30. The van der Waals surface area contributed by atoms with Gasteiger partial charge in [0.05, 0.1) is 0 Å². The van der Waals surface area contributed by atoms with Crippen molar-refractivity contribution in [3.05, 3.63) is 60.8 Å². The Labute approximate surface area is 402 Å². The molecule has 0 saturated carbocycles. The Balaban J connectivity index is 4.44. The molecule has 0 aromatic heterocycles. The van der Waals surface area contributed by atoms with Gasteiger partial charge in [-0.25, -0.2) is 0 Å². The highest BCUT2D eigenvalue weighted by Crippen LogP contribution is 2.14. The Morgan fingerprint density at radius 3 is 1.00 bits per heavy atom. The largest absolute Gasteiger partial charge is 0.462 e. The van der Waals surface area contributed by atoms with Gasteiger partial charge in [0.25, 0.3) is 0 Å². The molecule has 65 heavy (non-hydrogen) atoms. The number of hydrogen-bond acceptors (Lipinski definition) is 6. The monoisotopic (exact) mass is 909 g/mol. The van der Waals surface area contributed by atoms with Crippen LogP contribution in [0.1, 0.15) is 278 Å². The summed E-state index contributed by atoms with van der Waals surface area (Å²) in [4.78, 5) is 38.1. The Bertz CT molecular complexity index is 1180. The highest BCUT2D eigenvalue weighted by Gasteiger charge is 2.19. The molecule has 0 aromatic rings. The molecule has 0 rings (SSSR count). The lowest BCUT2D eigenvalue weighted by molar-refractivity contribution is -0.167. The van der Waals surface area contributed by atoms with Crippen LogP contribution in [0.4, 0.5) is 0 Å². The molecular formula is C59H104O6. The van der Waals surface area contributed by atoms with Crippen LogP contribution in [0.25, 0.3) is 0 Å². The molecule has 0 aromatic carbocycles. The number of allylic oxidation sites excluding steroid dienone is 10. The van der Waals surface area contributed by atoms with E-state index >= 15 is 0 Å². The molecule has 6 nitrogen and oxygen atoms in total. The molecule has 0 radical (unpaired) electrons. The molecule has 0 aliphatic carbocycles. The first kappa shape index (κ1) is 62.1. The Morgan fingerprint density at radius 1 is 0.323 bits per heavy atom. The van der Waals surface area contributed by atoms with Crippen molar-refractivity contribution in [3.63, 3.8) is 0 Å². The lowest BCUT2D eigenvalue weighted by atomic mass is 10.1. The molecule has 0 heterocycles. The van der Waals surface area contributed by atoms with E-state index in [1.54, 1.807) is 0 Å². The highest BCUT2D eigenvalue weighted by molar-refractivity contribution is 5.71. The number of unbranched alkanes of at least 4 members (excludes halogenated alkanes) is 30. The van der Waals surface area contributed by atoms with Gasteiger partial charge in [0.1, 0.15) is 13.2 Å². The second-order valence-corrected chi connectivity index (χ2v) is 18.5. The van der Waals surface area contributed by atoms with Crippen LogP contribution in [-0.4, -0.2) is 37.2 Å². The van der Waals surface area contributed by atoms with E-state index in [9.17, 15) is 14.4 Å². The first-order valence-corrected chi connectivity index (χ1v) is 27.8. The molecule has 0 aliphatic rings. The van der Waals surface area contributed by atoms with Gasteiger partial charge < -0.3 is 14.2 Å². The number of ether oxygens (including phenoxy) is 3. The van der Waals surface area contributed by atoms with Gasteiger partial charge in [0.15, 0.2) is 6.10 Å². The summed E-state index contributed by atoms with van der Waals surface area (Å²) in [6.45, 7) is 6.58. The maximum atomic E-state index is 12.8. The average molecular weight is 909 g/mol. The minimum absolute atomic E-state index is 0.0932. The van der Waals surface area contributed by atoms with Crippen molar-refractivity contribution in [1.82, 2.24) is 0 Å². The molecule has 0 fully saturated rings. The first-order chi connectivity index (χ1) is 32.0. The van der Waals surface area contributed by atoms with E-state index in [2.05, 4.69) is 81.5 Å². The number of hydrogen-bond donors (Lipinski definition) is 0. The lowest BCUT2D eigenvalue weighted by Gasteiger charge is -2.18. The third kappa shape index (κ3) is 51.9. The van der Waals surface area contributed by atoms with Crippen LogP contribution in [0.3, 0.4) is 0 Å². The first-order valence-electron chi connectivity index (χ1n) is 27.8. The molecule has 0 spiro atoms. The summed E-state index contributed by atoms with van der Waals surface area (Å²) in [5, 5.41) is 0. The Hall–Kier alpha value is -2.89. The summed E-state index contributed by atoms with van der Waals surface area (Å²) in [7, 11) is 0. The van der Waals surface area contributed by atoms with Crippen molar-refractivity contribution in [2.45, 2.75) is 284 Å². The molecule has 0 amide bonds. The Kier molecular flexibility index (Phi) is 51.3. The Morgan fingerprint density at radius 2 is 0.600 bits per heavy atom. The maximum Gasteiger partial charge on any atom is 0.306 e. The molecule has 376 valence electrons. The third-order valence-electron chi connectivity index (χ3n) is 12.0. The van der Waals surface area contributed by atoms with Gasteiger partial charge in [0, 0.05) is 19.3 Å². The van der Waals surface area contributed by atoms with Crippen LogP contribution >= 0.6 is 0 Å². The van der Waals surface area contributed by atoms with Crippen LogP contribution in [0.2, 0.25) is 0 Å². The summed E-state index contributed by atoms with van der Waals surface area (Å²) in [5.74, 6) is -0.936. The fourth-order valence-electron chi connectivity index (χ4n) is 7.75. The smallest absolute Gasteiger partial charge is 0.306 e. The van der Waals surface area contributed by atoms with E-state index < -0.39 is 6.10 Å². The normalized spacial score (nSPS) is 12.5. The van der Waals surface area contributed by atoms with Crippen LogP contribution in [0.15, 0.2) is 60.8 Å². The van der Waals surface area contributed by atoms with Crippen molar-refractivity contribution in [2.75, 3.05) is 13.2 Å². The quantitative estimate of drug-likeness (QED) is 0.0199. The number of carbonyl (C=O) groups is 3. The summed E-state index contributed by atoms with van der Waals surface area (Å²) < 4.78 is 16.8. The highest BCUT2D eigenvalue weighted by atomic mass is 16.6. The van der Waals surface area contributed by atoms with Gasteiger partial charge in [0.2, 0.25) is 0 Å². The molecule has 1 atom stereocenters. The van der Waals surface area contributed by atoms with E-state index in [4.69, 9.17) is 14.2 Å². The van der Waals surface area contributed by atoms with Gasteiger partial charge in [-0.15, -0.1) is 0 Å². The van der Waals surface area contributed by atoms with E-state index in [0.29, 0.717) is 19.3 Å². The van der Waals surface area contributed by atoms with Crippen molar-refractivity contribution >= 4 is 17.9 Å². The minimum atomic E-state index is -0.797. The van der Waals surface area contributed by atoms with Crippen LogP contribution in [-0.2, 0) is 28.6 Å². The molecule has 0 aliphatic heterocycles. The van der Waals surface area contributed by atoms with Gasteiger partial charge in [-0.1, -0.05) is 216 Å². The van der Waals surface area contributed by atoms with Gasteiger partial charge >= 0.3 is 17.9 Å².